The number of sulfonamides is 1. The second-order valence-electron chi connectivity index (χ2n) is 6.00. The molecule has 24 heavy (non-hydrogen) atoms. The van der Waals surface area contributed by atoms with Crippen LogP contribution in [0.15, 0.2) is 41.4 Å². The minimum atomic E-state index is -3.57. The van der Waals surface area contributed by atoms with Crippen LogP contribution in [0, 0.1) is 0 Å². The molecule has 0 fully saturated rings. The van der Waals surface area contributed by atoms with Crippen molar-refractivity contribution >= 4 is 15.9 Å². The monoisotopic (exact) mass is 347 g/mol. The van der Waals surface area contributed by atoms with Gasteiger partial charge >= 0.3 is 0 Å². The Morgan fingerprint density at radius 3 is 2.79 bits per heavy atom. The fraction of sp³-hybridized carbons (Fsp3) is 0.353. The minimum Gasteiger partial charge on any atom is -0.345 e. The second kappa shape index (κ2) is 6.41. The highest BCUT2D eigenvalue weighted by Crippen LogP contribution is 2.29. The van der Waals surface area contributed by atoms with E-state index in [1.165, 1.54) is 29.4 Å². The summed E-state index contributed by atoms with van der Waals surface area (Å²) in [6.07, 6.45) is 4.37. The number of aromatic nitrogens is 1. The summed E-state index contributed by atoms with van der Waals surface area (Å²) >= 11 is 0. The molecule has 1 aromatic heterocycles. The summed E-state index contributed by atoms with van der Waals surface area (Å²) < 4.78 is 27.6. The predicted octanol–water partition coefficient (Wildman–Crippen LogP) is 1.74. The summed E-state index contributed by atoms with van der Waals surface area (Å²) in [6, 6.07) is 9.48. The van der Waals surface area contributed by atoms with Crippen LogP contribution in [0.3, 0.4) is 0 Å². The summed E-state index contributed by atoms with van der Waals surface area (Å²) in [4.78, 5) is 12.7. The minimum absolute atomic E-state index is 0.0401. The van der Waals surface area contributed by atoms with Crippen LogP contribution in [-0.2, 0) is 23.5 Å². The molecule has 0 saturated heterocycles. The first-order valence-corrected chi connectivity index (χ1v) is 9.39. The molecule has 1 aromatic carbocycles. The molecule has 3 rings (SSSR count). The van der Waals surface area contributed by atoms with Gasteiger partial charge in [-0.25, -0.2) is 13.1 Å². The lowest BCUT2D eigenvalue weighted by atomic mass is 9.87. The fourth-order valence-corrected chi connectivity index (χ4v) is 3.96. The Morgan fingerprint density at radius 1 is 1.29 bits per heavy atom. The number of hydrogen-bond acceptors (Lipinski definition) is 3. The Morgan fingerprint density at radius 2 is 2.04 bits per heavy atom. The van der Waals surface area contributed by atoms with Gasteiger partial charge in [0, 0.05) is 13.2 Å². The lowest BCUT2D eigenvalue weighted by Gasteiger charge is -2.26. The number of rotatable bonds is 4. The van der Waals surface area contributed by atoms with Crippen LogP contribution >= 0.6 is 0 Å². The number of carbonyl (C=O) groups is 1. The van der Waals surface area contributed by atoms with Crippen molar-refractivity contribution in [3.05, 3.63) is 53.3 Å². The summed E-state index contributed by atoms with van der Waals surface area (Å²) in [5.41, 5.74) is 2.74. The zero-order valence-electron chi connectivity index (χ0n) is 13.7. The van der Waals surface area contributed by atoms with E-state index in [9.17, 15) is 13.2 Å². The van der Waals surface area contributed by atoms with Gasteiger partial charge in [-0.2, -0.15) is 0 Å². The van der Waals surface area contributed by atoms with Crippen molar-refractivity contribution in [2.24, 2.45) is 7.05 Å². The average molecular weight is 347 g/mol. The summed E-state index contributed by atoms with van der Waals surface area (Å²) in [5.74, 6) is -0.267. The van der Waals surface area contributed by atoms with E-state index >= 15 is 0 Å². The number of hydrogen-bond donors (Lipinski definition) is 2. The van der Waals surface area contributed by atoms with Crippen LogP contribution in [0.2, 0.25) is 0 Å². The Kier molecular flexibility index (Phi) is 4.47. The zero-order chi connectivity index (χ0) is 17.3. The highest BCUT2D eigenvalue weighted by Gasteiger charge is 2.24. The van der Waals surface area contributed by atoms with Crippen molar-refractivity contribution in [3.8, 4) is 0 Å². The number of amides is 1. The molecule has 0 radical (unpaired) electrons. The first-order chi connectivity index (χ1) is 11.4. The lowest BCUT2D eigenvalue weighted by molar-refractivity contribution is 0.0924. The normalized spacial score (nSPS) is 17.3. The first-order valence-electron chi connectivity index (χ1n) is 7.91. The van der Waals surface area contributed by atoms with Crippen molar-refractivity contribution in [2.75, 3.05) is 7.05 Å². The van der Waals surface area contributed by atoms with Crippen molar-refractivity contribution in [3.63, 3.8) is 0 Å². The molecule has 2 aromatic rings. The van der Waals surface area contributed by atoms with Gasteiger partial charge in [0.15, 0.2) is 0 Å². The van der Waals surface area contributed by atoms with Crippen LogP contribution in [-0.4, -0.2) is 25.9 Å². The van der Waals surface area contributed by atoms with E-state index in [1.807, 2.05) is 18.2 Å². The van der Waals surface area contributed by atoms with Crippen LogP contribution in [0.1, 0.15) is 40.5 Å². The number of nitrogens with one attached hydrogen (secondary N) is 2. The van der Waals surface area contributed by atoms with E-state index in [4.69, 9.17) is 0 Å². The Balaban J connectivity index is 1.84. The van der Waals surface area contributed by atoms with Gasteiger partial charge in [0.2, 0.25) is 10.0 Å². The molecule has 1 aliphatic carbocycles. The molecular weight excluding hydrogens is 326 g/mol. The van der Waals surface area contributed by atoms with E-state index in [2.05, 4.69) is 16.1 Å². The third kappa shape index (κ3) is 3.09. The lowest BCUT2D eigenvalue weighted by Crippen LogP contribution is -2.32. The maximum atomic E-state index is 12.6. The van der Waals surface area contributed by atoms with Gasteiger partial charge in [-0.1, -0.05) is 24.3 Å². The third-order valence-electron chi connectivity index (χ3n) is 4.47. The van der Waals surface area contributed by atoms with E-state index in [0.29, 0.717) is 5.69 Å². The van der Waals surface area contributed by atoms with Crippen LogP contribution in [0.25, 0.3) is 0 Å². The Bertz CT molecular complexity index is 871. The highest BCUT2D eigenvalue weighted by molar-refractivity contribution is 7.89. The van der Waals surface area contributed by atoms with Gasteiger partial charge in [-0.05, 0) is 43.5 Å². The molecule has 1 atom stereocenters. The molecule has 1 aliphatic rings. The smallest absolute Gasteiger partial charge is 0.268 e. The Hall–Kier alpha value is -2.12. The largest absolute Gasteiger partial charge is 0.345 e. The SMILES string of the molecule is CNS(=O)(=O)c1cc(C(=O)NC2CCCc3ccccc32)n(C)c1. The molecule has 0 aliphatic heterocycles. The van der Waals surface area contributed by atoms with Crippen LogP contribution in [0.5, 0.6) is 0 Å². The molecule has 2 N–H and O–H groups in total. The number of aryl methyl sites for hydroxylation is 2. The molecule has 128 valence electrons. The molecule has 1 amide bonds. The van der Waals surface area contributed by atoms with Crippen LogP contribution in [0.4, 0.5) is 0 Å². The number of carbonyl (C=O) groups excluding carboxylic acids is 1. The van der Waals surface area contributed by atoms with Gasteiger partial charge in [-0.3, -0.25) is 4.79 Å². The molecule has 1 heterocycles. The molecule has 0 saturated carbocycles. The van der Waals surface area contributed by atoms with Crippen molar-refractivity contribution in [1.29, 1.82) is 0 Å². The average Bonchev–Trinajstić information content (AvgIpc) is 2.98. The molecular formula is C17H21N3O3S. The summed E-state index contributed by atoms with van der Waals surface area (Å²) in [5, 5.41) is 3.04. The second-order valence-corrected chi connectivity index (χ2v) is 7.88. The third-order valence-corrected chi connectivity index (χ3v) is 5.85. The number of nitrogens with zero attached hydrogens (tertiary/aromatic N) is 1. The number of fused-ring (bicyclic) bond motifs is 1. The first kappa shape index (κ1) is 16.7. The quantitative estimate of drug-likeness (QED) is 0.884. The molecule has 1 unspecified atom stereocenters. The van der Waals surface area contributed by atoms with Gasteiger partial charge in [0.05, 0.1) is 6.04 Å². The van der Waals surface area contributed by atoms with Crippen LogP contribution < -0.4 is 10.0 Å². The topological polar surface area (TPSA) is 80.2 Å². The van der Waals surface area contributed by atoms with E-state index < -0.39 is 10.0 Å². The van der Waals surface area contributed by atoms with Gasteiger partial charge in [-0.15, -0.1) is 0 Å². The zero-order valence-corrected chi connectivity index (χ0v) is 14.6. The van der Waals surface area contributed by atoms with Gasteiger partial charge in [0.25, 0.3) is 5.91 Å². The fourth-order valence-electron chi connectivity index (χ4n) is 3.16. The van der Waals surface area contributed by atoms with Gasteiger partial charge < -0.3 is 9.88 Å². The van der Waals surface area contributed by atoms with E-state index in [0.717, 1.165) is 24.8 Å². The van der Waals surface area contributed by atoms with Gasteiger partial charge in [0.1, 0.15) is 10.6 Å². The Labute approximate surface area is 141 Å². The van der Waals surface area contributed by atoms with E-state index in [1.54, 1.807) is 7.05 Å². The van der Waals surface area contributed by atoms with Crippen molar-refractivity contribution in [2.45, 2.75) is 30.2 Å². The maximum Gasteiger partial charge on any atom is 0.268 e. The number of benzene rings is 1. The summed E-state index contributed by atoms with van der Waals surface area (Å²) in [6.45, 7) is 0. The highest BCUT2D eigenvalue weighted by atomic mass is 32.2. The standard InChI is InChI=1S/C17H21N3O3S/c1-18-24(22,23)13-10-16(20(2)11-13)17(21)19-15-9-5-7-12-6-3-4-8-14(12)15/h3-4,6,8,10-11,15,18H,5,7,9H2,1-2H3,(H,19,21). The molecule has 0 spiro atoms. The predicted molar refractivity (Wildman–Crippen MR) is 91.2 cm³/mol. The van der Waals surface area contributed by atoms with E-state index in [-0.39, 0.29) is 16.8 Å². The molecule has 7 heteroatoms. The van der Waals surface area contributed by atoms with Crippen molar-refractivity contribution in [1.82, 2.24) is 14.6 Å². The maximum absolute atomic E-state index is 12.6. The molecule has 6 nitrogen and oxygen atoms in total. The van der Waals surface area contributed by atoms with Crippen molar-refractivity contribution < 1.29 is 13.2 Å². The molecule has 0 bridgehead atoms. The summed E-state index contributed by atoms with van der Waals surface area (Å²) in [7, 11) is -0.553.